The summed E-state index contributed by atoms with van der Waals surface area (Å²) in [6, 6.07) is 26.3. The number of aromatic nitrogens is 1. The Morgan fingerprint density at radius 1 is 0.822 bits per heavy atom. The highest BCUT2D eigenvalue weighted by Gasteiger charge is 2.22. The van der Waals surface area contributed by atoms with Gasteiger partial charge in [0.05, 0.1) is 41.3 Å². The molecule has 9 heteroatoms. The van der Waals surface area contributed by atoms with Crippen molar-refractivity contribution in [3.8, 4) is 23.0 Å². The molecule has 0 aliphatic heterocycles. The van der Waals surface area contributed by atoms with Crippen LogP contribution in [0.25, 0.3) is 10.8 Å². The van der Waals surface area contributed by atoms with Gasteiger partial charge in [0, 0.05) is 41.4 Å². The average Bonchev–Trinajstić information content (AvgIpc) is 3.01. The Labute approximate surface area is 266 Å². The molecule has 1 atom stereocenters. The molecule has 1 heterocycles. The molecule has 0 aliphatic rings. The third-order valence-electron chi connectivity index (χ3n) is 7.35. The first-order valence-corrected chi connectivity index (χ1v) is 16.0. The highest BCUT2D eigenvalue weighted by atomic mass is 32.2. The summed E-state index contributed by atoms with van der Waals surface area (Å²) >= 11 is 0. The number of urea groups is 1. The number of methoxy groups -OCH3 is 2. The van der Waals surface area contributed by atoms with Crippen molar-refractivity contribution in [2.75, 3.05) is 31.1 Å². The van der Waals surface area contributed by atoms with E-state index in [0.29, 0.717) is 39.9 Å². The Morgan fingerprint density at radius 3 is 2.29 bits per heavy atom. The molecule has 1 aromatic heterocycles. The number of fused-ring (bicyclic) bond motifs is 1. The second-order valence-corrected chi connectivity index (χ2v) is 13.0. The molecule has 2 amide bonds. The fraction of sp³-hybridized carbons (Fsp3) is 0.222. The van der Waals surface area contributed by atoms with Crippen molar-refractivity contribution in [3.05, 3.63) is 108 Å². The Morgan fingerprint density at radius 2 is 1.58 bits per heavy atom. The first-order valence-electron chi connectivity index (χ1n) is 14.5. The second-order valence-electron chi connectivity index (χ2n) is 11.6. The van der Waals surface area contributed by atoms with E-state index in [1.165, 1.54) is 7.11 Å². The number of benzene rings is 4. The van der Waals surface area contributed by atoms with Gasteiger partial charge in [-0.25, -0.2) is 4.79 Å². The monoisotopic (exact) mass is 623 g/mol. The van der Waals surface area contributed by atoms with E-state index in [0.717, 1.165) is 33.3 Å². The molecule has 5 aromatic rings. The van der Waals surface area contributed by atoms with Gasteiger partial charge < -0.3 is 24.8 Å². The van der Waals surface area contributed by atoms with E-state index < -0.39 is 16.8 Å². The molecule has 45 heavy (non-hydrogen) atoms. The van der Waals surface area contributed by atoms with E-state index in [1.54, 1.807) is 19.6 Å². The van der Waals surface area contributed by atoms with Crippen LogP contribution in [0, 0.1) is 0 Å². The Hall–Kier alpha value is -4.89. The highest BCUT2D eigenvalue weighted by molar-refractivity contribution is 7.84. The maximum Gasteiger partial charge on any atom is 0.323 e. The molecule has 232 valence electrons. The maximum atomic E-state index is 13.3. The van der Waals surface area contributed by atoms with E-state index in [-0.39, 0.29) is 5.41 Å². The lowest BCUT2D eigenvalue weighted by Gasteiger charge is -2.23. The van der Waals surface area contributed by atoms with Crippen LogP contribution in [0.5, 0.6) is 23.0 Å². The molecule has 1 unspecified atom stereocenters. The number of hydrogen-bond donors (Lipinski definition) is 2. The highest BCUT2D eigenvalue weighted by Crippen LogP contribution is 2.38. The topological polar surface area (TPSA) is 98.8 Å². The smallest absolute Gasteiger partial charge is 0.323 e. The van der Waals surface area contributed by atoms with Gasteiger partial charge in [-0.2, -0.15) is 0 Å². The van der Waals surface area contributed by atoms with Crippen LogP contribution in [-0.4, -0.2) is 35.7 Å². The number of carbonyl (C=O) groups is 1. The molecule has 0 radical (unpaired) electrons. The fourth-order valence-electron chi connectivity index (χ4n) is 5.03. The molecule has 4 aromatic carbocycles. The maximum absolute atomic E-state index is 13.3. The Bertz CT molecular complexity index is 1880. The second kappa shape index (κ2) is 13.4. The summed E-state index contributed by atoms with van der Waals surface area (Å²) in [5.74, 6) is 2.47. The van der Waals surface area contributed by atoms with Crippen molar-refractivity contribution in [3.63, 3.8) is 0 Å². The van der Waals surface area contributed by atoms with Crippen molar-refractivity contribution < 1.29 is 23.2 Å². The van der Waals surface area contributed by atoms with Crippen molar-refractivity contribution in [2.45, 2.75) is 37.5 Å². The van der Waals surface area contributed by atoms with Gasteiger partial charge in [-0.3, -0.25) is 9.19 Å². The van der Waals surface area contributed by atoms with Crippen LogP contribution >= 0.6 is 0 Å². The number of pyridine rings is 1. The minimum atomic E-state index is -1.32. The van der Waals surface area contributed by atoms with Crippen molar-refractivity contribution >= 4 is 39.0 Å². The van der Waals surface area contributed by atoms with Gasteiger partial charge in [-0.15, -0.1) is 0 Å². The molecule has 5 rings (SSSR count). The summed E-state index contributed by atoms with van der Waals surface area (Å²) < 4.78 is 29.8. The van der Waals surface area contributed by atoms with Gasteiger partial charge >= 0.3 is 6.03 Å². The lowest BCUT2D eigenvalue weighted by atomic mass is 9.86. The number of rotatable bonds is 9. The predicted molar refractivity (Wildman–Crippen MR) is 181 cm³/mol. The van der Waals surface area contributed by atoms with Crippen molar-refractivity contribution in [1.82, 2.24) is 4.98 Å². The van der Waals surface area contributed by atoms with Gasteiger partial charge in [0.2, 0.25) is 0 Å². The van der Waals surface area contributed by atoms with Crippen LogP contribution in [0.2, 0.25) is 0 Å². The summed E-state index contributed by atoms with van der Waals surface area (Å²) in [7, 11) is 1.83. The van der Waals surface area contributed by atoms with Gasteiger partial charge in [-0.05, 0) is 59.0 Å². The Kier molecular flexibility index (Phi) is 9.39. The minimum Gasteiger partial charge on any atom is -0.497 e. The normalized spacial score (nSPS) is 12.0. The number of nitrogens with one attached hydrogen (secondary N) is 2. The van der Waals surface area contributed by atoms with E-state index in [2.05, 4.69) is 36.4 Å². The molecule has 0 bridgehead atoms. The first kappa shape index (κ1) is 31.5. The number of amides is 2. The van der Waals surface area contributed by atoms with Crippen molar-refractivity contribution in [2.24, 2.45) is 0 Å². The molecule has 0 saturated carbocycles. The zero-order valence-electron chi connectivity index (χ0n) is 26.3. The van der Waals surface area contributed by atoms with Crippen LogP contribution in [-0.2, 0) is 22.6 Å². The average molecular weight is 624 g/mol. The van der Waals surface area contributed by atoms with Crippen LogP contribution in [0.15, 0.2) is 96.0 Å². The SMILES string of the molecule is COc1cccc(Cc2cc(Oc3ccc(NC(=O)Nc4cc(C(C)(C)C)cc(S(C)=O)c4OC)c4ccccc34)ccn2)c1. The number of hydrogen-bond acceptors (Lipinski definition) is 6. The van der Waals surface area contributed by atoms with Crippen LogP contribution in [0.1, 0.15) is 37.6 Å². The molecule has 0 saturated heterocycles. The first-order chi connectivity index (χ1) is 21.5. The van der Waals surface area contributed by atoms with E-state index in [4.69, 9.17) is 14.2 Å². The lowest BCUT2D eigenvalue weighted by molar-refractivity contribution is 0.262. The molecule has 8 nitrogen and oxygen atoms in total. The third kappa shape index (κ3) is 7.44. The van der Waals surface area contributed by atoms with Gasteiger partial charge in [0.25, 0.3) is 0 Å². The van der Waals surface area contributed by atoms with Gasteiger partial charge in [0.15, 0.2) is 5.75 Å². The molecular weight excluding hydrogens is 586 g/mol. The third-order valence-corrected chi connectivity index (χ3v) is 8.27. The van der Waals surface area contributed by atoms with Crippen molar-refractivity contribution in [1.29, 1.82) is 0 Å². The largest absolute Gasteiger partial charge is 0.497 e. The lowest BCUT2D eigenvalue weighted by Crippen LogP contribution is -2.21. The van der Waals surface area contributed by atoms with Gasteiger partial charge in [-0.1, -0.05) is 57.2 Å². The van der Waals surface area contributed by atoms with E-state index in [9.17, 15) is 9.00 Å². The number of ether oxygens (including phenoxy) is 3. The molecule has 0 spiro atoms. The number of nitrogens with zero attached hydrogens (tertiary/aromatic N) is 1. The molecule has 2 N–H and O–H groups in total. The molecular formula is C36H37N3O5S. The van der Waals surface area contributed by atoms with Crippen LogP contribution < -0.4 is 24.8 Å². The molecule has 0 fully saturated rings. The fourth-order valence-corrected chi connectivity index (χ4v) is 5.78. The quantitative estimate of drug-likeness (QED) is 0.171. The van der Waals surface area contributed by atoms with Crippen LogP contribution in [0.3, 0.4) is 0 Å². The standard InChI is InChI=1S/C36H37N3O5S/c1-36(2,3)24-20-31(34(43-5)33(21-24)45(6)41)39-35(40)38-30-14-15-32(29-13-8-7-12-28(29)30)44-27-16-17-37-25(22-27)18-23-10-9-11-26(19-23)42-4/h7-17,19-22H,18H2,1-6H3,(H2,38,39,40). The predicted octanol–water partition coefficient (Wildman–Crippen LogP) is 8.31. The summed E-state index contributed by atoms with van der Waals surface area (Å²) in [5.41, 5.74) is 3.69. The van der Waals surface area contributed by atoms with Crippen LogP contribution in [0.4, 0.5) is 16.2 Å². The number of anilines is 2. The summed E-state index contributed by atoms with van der Waals surface area (Å²) in [6.45, 7) is 6.18. The summed E-state index contributed by atoms with van der Waals surface area (Å²) in [6.07, 6.45) is 3.96. The number of carbonyl (C=O) groups excluding carboxylic acids is 1. The summed E-state index contributed by atoms with van der Waals surface area (Å²) in [5, 5.41) is 7.52. The molecule has 0 aliphatic carbocycles. The van der Waals surface area contributed by atoms with E-state index in [1.807, 2.05) is 84.9 Å². The Balaban J connectivity index is 1.39. The van der Waals surface area contributed by atoms with E-state index >= 15 is 0 Å². The minimum absolute atomic E-state index is 0.232. The van der Waals surface area contributed by atoms with Gasteiger partial charge in [0.1, 0.15) is 17.2 Å². The zero-order valence-corrected chi connectivity index (χ0v) is 27.1. The zero-order chi connectivity index (χ0) is 32.1. The summed E-state index contributed by atoms with van der Waals surface area (Å²) in [4.78, 5) is 18.4.